The van der Waals surface area contributed by atoms with Gasteiger partial charge in [-0.1, -0.05) is 30.3 Å². The number of benzene rings is 1. The predicted octanol–water partition coefficient (Wildman–Crippen LogP) is 1.36. The number of sulfonamides is 1. The first-order valence-electron chi connectivity index (χ1n) is 8.76. The molecule has 1 aromatic carbocycles. The monoisotopic (exact) mass is 408 g/mol. The molecule has 3 rings (SSSR count). The van der Waals surface area contributed by atoms with Gasteiger partial charge < -0.3 is 9.80 Å². The normalized spacial score (nSPS) is 17.0. The molecule has 1 atom stereocenters. The molecule has 1 fully saturated rings. The maximum absolute atomic E-state index is 12.7. The first-order valence-corrected chi connectivity index (χ1v) is 11.5. The van der Waals surface area contributed by atoms with Gasteiger partial charge in [0.15, 0.2) is 0 Å². The molecule has 146 valence electrons. The zero-order chi connectivity index (χ0) is 19.4. The smallest absolute Gasteiger partial charge is 0.273 e. The van der Waals surface area contributed by atoms with Crippen molar-refractivity contribution in [1.29, 1.82) is 0 Å². The first-order chi connectivity index (χ1) is 12.8. The SMILES string of the molecule is CN1CCN(C(=O)c2csc([C@@H](Cc3ccccc3)NS(C)(=O)=O)n2)CC1. The van der Waals surface area contributed by atoms with Gasteiger partial charge in [-0.25, -0.2) is 18.1 Å². The Bertz CT molecular complexity index is 875. The molecule has 1 amide bonds. The van der Waals surface area contributed by atoms with Crippen molar-refractivity contribution in [3.05, 3.63) is 52.0 Å². The maximum atomic E-state index is 12.7. The summed E-state index contributed by atoms with van der Waals surface area (Å²) in [7, 11) is -1.38. The second kappa shape index (κ2) is 8.47. The van der Waals surface area contributed by atoms with E-state index in [1.807, 2.05) is 37.4 Å². The molecule has 0 unspecified atom stereocenters. The number of aromatic nitrogens is 1. The van der Waals surface area contributed by atoms with E-state index in [9.17, 15) is 13.2 Å². The van der Waals surface area contributed by atoms with Crippen LogP contribution in [-0.4, -0.2) is 68.6 Å². The van der Waals surface area contributed by atoms with Gasteiger partial charge in [0, 0.05) is 31.6 Å². The van der Waals surface area contributed by atoms with Crippen molar-refractivity contribution in [1.82, 2.24) is 19.5 Å². The molecule has 1 saturated heterocycles. The van der Waals surface area contributed by atoms with Crippen LogP contribution in [0.2, 0.25) is 0 Å². The molecule has 0 bridgehead atoms. The van der Waals surface area contributed by atoms with Crippen molar-refractivity contribution in [2.75, 3.05) is 39.5 Å². The molecule has 0 aliphatic carbocycles. The van der Waals surface area contributed by atoms with Crippen LogP contribution < -0.4 is 4.72 Å². The van der Waals surface area contributed by atoms with Crippen LogP contribution in [0.3, 0.4) is 0 Å². The average Bonchev–Trinajstić information content (AvgIpc) is 3.11. The lowest BCUT2D eigenvalue weighted by Crippen LogP contribution is -2.47. The summed E-state index contributed by atoms with van der Waals surface area (Å²) in [5.41, 5.74) is 1.38. The molecule has 9 heteroatoms. The predicted molar refractivity (Wildman–Crippen MR) is 106 cm³/mol. The number of likely N-dealkylation sites (N-methyl/N-ethyl adjacent to an activating group) is 1. The lowest BCUT2D eigenvalue weighted by atomic mass is 10.1. The third kappa shape index (κ3) is 5.58. The second-order valence-corrected chi connectivity index (χ2v) is 9.47. The first kappa shape index (κ1) is 19.9. The van der Waals surface area contributed by atoms with Gasteiger partial charge in [0.2, 0.25) is 10.0 Å². The molecular weight excluding hydrogens is 384 g/mol. The molecule has 1 aliphatic heterocycles. The minimum absolute atomic E-state index is 0.0941. The van der Waals surface area contributed by atoms with Gasteiger partial charge in [0.1, 0.15) is 10.7 Å². The molecule has 0 radical (unpaired) electrons. The fraction of sp³-hybridized carbons (Fsp3) is 0.444. The zero-order valence-corrected chi connectivity index (χ0v) is 17.1. The number of carbonyl (C=O) groups is 1. The summed E-state index contributed by atoms with van der Waals surface area (Å²) in [5.74, 6) is -0.0941. The van der Waals surface area contributed by atoms with Crippen LogP contribution in [0.25, 0.3) is 0 Å². The molecule has 1 aromatic heterocycles. The molecule has 27 heavy (non-hydrogen) atoms. The third-order valence-electron chi connectivity index (χ3n) is 4.47. The highest BCUT2D eigenvalue weighted by Gasteiger charge is 2.25. The summed E-state index contributed by atoms with van der Waals surface area (Å²) in [4.78, 5) is 21.2. The summed E-state index contributed by atoms with van der Waals surface area (Å²) in [5, 5.41) is 2.32. The van der Waals surface area contributed by atoms with E-state index in [1.165, 1.54) is 11.3 Å². The number of piperazine rings is 1. The minimum Gasteiger partial charge on any atom is -0.335 e. The third-order valence-corrected chi connectivity index (χ3v) is 6.14. The number of amides is 1. The number of hydrogen-bond acceptors (Lipinski definition) is 6. The van der Waals surface area contributed by atoms with Gasteiger partial charge in [0.05, 0.1) is 12.3 Å². The van der Waals surface area contributed by atoms with E-state index in [0.29, 0.717) is 30.2 Å². The van der Waals surface area contributed by atoms with E-state index in [1.54, 1.807) is 10.3 Å². The van der Waals surface area contributed by atoms with E-state index < -0.39 is 16.1 Å². The van der Waals surface area contributed by atoms with Gasteiger partial charge in [-0.05, 0) is 19.0 Å². The number of rotatable bonds is 6. The van der Waals surface area contributed by atoms with Gasteiger partial charge in [-0.3, -0.25) is 4.79 Å². The van der Waals surface area contributed by atoms with Crippen LogP contribution in [0, 0.1) is 0 Å². The number of thiazole rings is 1. The molecule has 0 saturated carbocycles. The van der Waals surface area contributed by atoms with Gasteiger partial charge in [-0.2, -0.15) is 0 Å². The van der Waals surface area contributed by atoms with Crippen molar-refractivity contribution < 1.29 is 13.2 Å². The molecule has 1 aliphatic rings. The van der Waals surface area contributed by atoms with E-state index in [-0.39, 0.29) is 5.91 Å². The highest BCUT2D eigenvalue weighted by atomic mass is 32.2. The van der Waals surface area contributed by atoms with E-state index >= 15 is 0 Å². The fourth-order valence-corrected chi connectivity index (χ4v) is 4.63. The summed E-state index contributed by atoms with van der Waals surface area (Å²) in [6.07, 6.45) is 1.61. The summed E-state index contributed by atoms with van der Waals surface area (Å²) in [6, 6.07) is 9.13. The van der Waals surface area contributed by atoms with Crippen LogP contribution in [-0.2, 0) is 16.4 Å². The Kier molecular flexibility index (Phi) is 6.25. The molecule has 2 heterocycles. The van der Waals surface area contributed by atoms with Crippen molar-refractivity contribution in [3.63, 3.8) is 0 Å². The highest BCUT2D eigenvalue weighted by molar-refractivity contribution is 7.88. The number of carbonyl (C=O) groups excluding carboxylic acids is 1. The van der Waals surface area contributed by atoms with Crippen molar-refractivity contribution in [2.24, 2.45) is 0 Å². The summed E-state index contributed by atoms with van der Waals surface area (Å²) >= 11 is 1.31. The maximum Gasteiger partial charge on any atom is 0.273 e. The zero-order valence-electron chi connectivity index (χ0n) is 15.5. The van der Waals surface area contributed by atoms with Crippen LogP contribution in [0.1, 0.15) is 27.1 Å². The Labute approximate surface area is 164 Å². The van der Waals surface area contributed by atoms with Crippen molar-refractivity contribution >= 4 is 27.3 Å². The molecule has 1 N–H and O–H groups in total. The lowest BCUT2D eigenvalue weighted by Gasteiger charge is -2.31. The van der Waals surface area contributed by atoms with E-state index in [0.717, 1.165) is 24.9 Å². The Morgan fingerprint density at radius 3 is 2.52 bits per heavy atom. The molecule has 7 nitrogen and oxygen atoms in total. The number of hydrogen-bond donors (Lipinski definition) is 1. The Hall–Kier alpha value is -1.81. The van der Waals surface area contributed by atoms with Crippen LogP contribution in [0.15, 0.2) is 35.7 Å². The van der Waals surface area contributed by atoms with Crippen LogP contribution in [0.5, 0.6) is 0 Å². The quantitative estimate of drug-likeness (QED) is 0.781. The van der Waals surface area contributed by atoms with E-state index in [4.69, 9.17) is 0 Å². The highest BCUT2D eigenvalue weighted by Crippen LogP contribution is 2.24. The van der Waals surface area contributed by atoms with Crippen LogP contribution >= 0.6 is 11.3 Å². The van der Waals surface area contributed by atoms with Gasteiger partial charge in [0.25, 0.3) is 5.91 Å². The largest absolute Gasteiger partial charge is 0.335 e. The second-order valence-electron chi connectivity index (χ2n) is 6.80. The molecular formula is C18H24N4O3S2. The van der Waals surface area contributed by atoms with Crippen molar-refractivity contribution in [3.8, 4) is 0 Å². The topological polar surface area (TPSA) is 82.6 Å². The Morgan fingerprint density at radius 1 is 1.22 bits per heavy atom. The number of nitrogens with one attached hydrogen (secondary N) is 1. The summed E-state index contributed by atoms with van der Waals surface area (Å²) < 4.78 is 26.3. The Balaban J connectivity index is 1.78. The number of nitrogens with zero attached hydrogens (tertiary/aromatic N) is 3. The minimum atomic E-state index is -3.41. The average molecular weight is 409 g/mol. The van der Waals surface area contributed by atoms with Gasteiger partial charge >= 0.3 is 0 Å². The fourth-order valence-electron chi connectivity index (χ4n) is 3.01. The lowest BCUT2D eigenvalue weighted by molar-refractivity contribution is 0.0659. The standard InChI is InChI=1S/C18H24N4O3S2/c1-21-8-10-22(11-9-21)18(23)16-13-26-17(19-16)15(20-27(2,24)25)12-14-6-4-3-5-7-14/h3-7,13,15,20H,8-12H2,1-2H3/t15-/m1/s1. The van der Waals surface area contributed by atoms with Gasteiger partial charge in [-0.15, -0.1) is 11.3 Å². The van der Waals surface area contributed by atoms with Crippen molar-refractivity contribution in [2.45, 2.75) is 12.5 Å². The Morgan fingerprint density at radius 2 is 1.89 bits per heavy atom. The van der Waals surface area contributed by atoms with Crippen LogP contribution in [0.4, 0.5) is 0 Å². The molecule has 0 spiro atoms. The molecule has 2 aromatic rings. The van der Waals surface area contributed by atoms with E-state index in [2.05, 4.69) is 14.6 Å². The summed E-state index contributed by atoms with van der Waals surface area (Å²) in [6.45, 7) is 3.04.